The van der Waals surface area contributed by atoms with Crippen LogP contribution in [0.4, 0.5) is 0 Å². The first-order chi connectivity index (χ1) is 15.6. The predicted octanol–water partition coefficient (Wildman–Crippen LogP) is 4.24. The largest absolute Gasteiger partial charge is 0.478 e. The molecule has 33 heavy (non-hydrogen) atoms. The van der Waals surface area contributed by atoms with Gasteiger partial charge in [0.15, 0.2) is 5.78 Å². The lowest BCUT2D eigenvalue weighted by molar-refractivity contribution is -0.133. The molecule has 1 aliphatic rings. The normalized spacial score (nSPS) is 16.3. The van der Waals surface area contributed by atoms with Gasteiger partial charge >= 0.3 is 5.97 Å². The van der Waals surface area contributed by atoms with Crippen LogP contribution in [0.25, 0.3) is 12.2 Å². The van der Waals surface area contributed by atoms with Crippen LogP contribution in [-0.2, 0) is 11.3 Å². The van der Waals surface area contributed by atoms with Gasteiger partial charge in [0.05, 0.1) is 11.4 Å². The van der Waals surface area contributed by atoms with Crippen LogP contribution in [-0.4, -0.2) is 64.9 Å². The number of carboxylic acid groups (broad SMARTS) is 1. The molecule has 0 amide bonds. The molecule has 2 heterocycles. The number of nitrogens with zero attached hydrogens (tertiary/aromatic N) is 3. The van der Waals surface area contributed by atoms with Crippen molar-refractivity contribution in [2.45, 2.75) is 27.3 Å². The van der Waals surface area contributed by atoms with Crippen LogP contribution in [0.15, 0.2) is 54.1 Å². The van der Waals surface area contributed by atoms with Gasteiger partial charge in [-0.2, -0.15) is 0 Å². The summed E-state index contributed by atoms with van der Waals surface area (Å²) in [7, 11) is 2.15. The third kappa shape index (κ3) is 7.20. The average Bonchev–Trinajstić information content (AvgIpc) is 2.77. The maximum absolute atomic E-state index is 12.6. The number of aromatic nitrogens is 1. The maximum Gasteiger partial charge on any atom is 0.332 e. The molecule has 6 heteroatoms. The Kier molecular flexibility index (Phi) is 7.95. The smallest absolute Gasteiger partial charge is 0.332 e. The molecule has 174 valence electrons. The summed E-state index contributed by atoms with van der Waals surface area (Å²) in [6, 6.07) is 13.1. The Morgan fingerprint density at radius 1 is 1.00 bits per heavy atom. The van der Waals surface area contributed by atoms with Gasteiger partial charge in [0.25, 0.3) is 0 Å². The molecule has 3 rings (SSSR count). The molecular formula is C27H33N3O3. The second-order valence-corrected chi connectivity index (χ2v) is 9.57. The number of hydrogen-bond acceptors (Lipinski definition) is 5. The highest BCUT2D eigenvalue weighted by Crippen LogP contribution is 2.27. The number of carboxylic acids is 1. The van der Waals surface area contributed by atoms with Crippen molar-refractivity contribution in [2.24, 2.45) is 5.41 Å². The minimum Gasteiger partial charge on any atom is -0.478 e. The van der Waals surface area contributed by atoms with Crippen LogP contribution in [0.3, 0.4) is 0 Å². The fourth-order valence-corrected chi connectivity index (χ4v) is 3.68. The lowest BCUT2D eigenvalue weighted by atomic mass is 9.86. The molecule has 0 atom stereocenters. The number of benzene rings is 1. The molecule has 1 aromatic carbocycles. The second-order valence-electron chi connectivity index (χ2n) is 9.57. The SMILES string of the molecule is CN1CCN(Cc2ccc(C(=O)C=Cc3cccc(C=C(C(=O)O)C(C)(C)C)n3)cc2)CC1. The van der Waals surface area contributed by atoms with E-state index in [2.05, 4.69) is 21.8 Å². The van der Waals surface area contributed by atoms with Crippen LogP contribution in [0.1, 0.15) is 48.1 Å². The molecule has 0 saturated carbocycles. The summed E-state index contributed by atoms with van der Waals surface area (Å²) in [6.07, 6.45) is 4.75. The molecular weight excluding hydrogens is 414 g/mol. The van der Waals surface area contributed by atoms with Gasteiger partial charge < -0.3 is 10.0 Å². The summed E-state index contributed by atoms with van der Waals surface area (Å²) in [5.74, 6) is -1.05. The highest BCUT2D eigenvalue weighted by Gasteiger charge is 2.23. The third-order valence-corrected chi connectivity index (χ3v) is 5.77. The van der Waals surface area contributed by atoms with E-state index in [0.717, 1.165) is 32.7 Å². The number of piperazine rings is 1. The van der Waals surface area contributed by atoms with Crippen LogP contribution < -0.4 is 0 Å². The Labute approximate surface area is 196 Å². The lowest BCUT2D eigenvalue weighted by Gasteiger charge is -2.32. The number of likely N-dealkylation sites (N-methyl/N-ethyl adjacent to an activating group) is 1. The van der Waals surface area contributed by atoms with Crippen LogP contribution >= 0.6 is 0 Å². The zero-order valence-corrected chi connectivity index (χ0v) is 19.9. The molecule has 0 aliphatic carbocycles. The lowest BCUT2D eigenvalue weighted by Crippen LogP contribution is -2.43. The minimum atomic E-state index is -0.962. The van der Waals surface area contributed by atoms with Crippen molar-refractivity contribution in [3.05, 3.63) is 76.6 Å². The van der Waals surface area contributed by atoms with E-state index in [9.17, 15) is 14.7 Å². The van der Waals surface area contributed by atoms with Crippen molar-refractivity contribution < 1.29 is 14.7 Å². The van der Waals surface area contributed by atoms with Gasteiger partial charge in [-0.05, 0) is 48.4 Å². The summed E-state index contributed by atoms with van der Waals surface area (Å²) in [5.41, 5.74) is 2.75. The second kappa shape index (κ2) is 10.7. The van der Waals surface area contributed by atoms with Gasteiger partial charge in [0.2, 0.25) is 0 Å². The Morgan fingerprint density at radius 3 is 2.24 bits per heavy atom. The van der Waals surface area contributed by atoms with Gasteiger partial charge in [-0.25, -0.2) is 9.78 Å². The molecule has 1 aromatic heterocycles. The molecule has 2 aromatic rings. The van der Waals surface area contributed by atoms with Crippen molar-refractivity contribution in [2.75, 3.05) is 33.2 Å². The summed E-state index contributed by atoms with van der Waals surface area (Å²) < 4.78 is 0. The summed E-state index contributed by atoms with van der Waals surface area (Å²) in [4.78, 5) is 33.5. The third-order valence-electron chi connectivity index (χ3n) is 5.77. The van der Waals surface area contributed by atoms with Crippen LogP contribution in [0.5, 0.6) is 0 Å². The van der Waals surface area contributed by atoms with Crippen molar-refractivity contribution in [3.63, 3.8) is 0 Å². The number of ketones is 1. The average molecular weight is 448 g/mol. The number of pyridine rings is 1. The minimum absolute atomic E-state index is 0.0928. The standard InChI is InChI=1S/C27H33N3O3/c1-27(2,3)24(26(32)33)18-23-7-5-6-22(28-23)12-13-25(31)21-10-8-20(9-11-21)19-30-16-14-29(4)15-17-30/h5-13,18H,14-17,19H2,1-4H3,(H,32,33). The maximum atomic E-state index is 12.6. The highest BCUT2D eigenvalue weighted by molar-refractivity contribution is 6.06. The molecule has 1 saturated heterocycles. The van der Waals surface area contributed by atoms with Gasteiger partial charge in [0.1, 0.15) is 0 Å². The first kappa shape index (κ1) is 24.6. The van der Waals surface area contributed by atoms with E-state index < -0.39 is 11.4 Å². The van der Waals surface area contributed by atoms with Gasteiger partial charge in [-0.15, -0.1) is 0 Å². The van der Waals surface area contributed by atoms with Crippen molar-refractivity contribution in [1.82, 2.24) is 14.8 Å². The molecule has 0 bridgehead atoms. The monoisotopic (exact) mass is 447 g/mol. The Bertz CT molecular complexity index is 1040. The zero-order chi connectivity index (χ0) is 24.0. The first-order valence-electron chi connectivity index (χ1n) is 11.3. The molecule has 0 unspecified atom stereocenters. The van der Waals surface area contributed by atoms with Crippen LogP contribution in [0.2, 0.25) is 0 Å². The fraction of sp³-hybridized carbons (Fsp3) is 0.370. The molecule has 1 fully saturated rings. The molecule has 1 aliphatic heterocycles. The Hall–Kier alpha value is -3.09. The molecule has 1 N–H and O–H groups in total. The van der Waals surface area contributed by atoms with Crippen molar-refractivity contribution >= 4 is 23.9 Å². The fourth-order valence-electron chi connectivity index (χ4n) is 3.68. The zero-order valence-electron chi connectivity index (χ0n) is 19.9. The quantitative estimate of drug-likeness (QED) is 0.506. The van der Waals surface area contributed by atoms with E-state index in [4.69, 9.17) is 0 Å². The number of aliphatic carboxylic acids is 1. The van der Waals surface area contributed by atoms with E-state index in [0.29, 0.717) is 17.0 Å². The van der Waals surface area contributed by atoms with E-state index in [1.54, 1.807) is 30.4 Å². The van der Waals surface area contributed by atoms with Crippen molar-refractivity contribution in [1.29, 1.82) is 0 Å². The number of rotatable bonds is 7. The van der Waals surface area contributed by atoms with Gasteiger partial charge in [-0.1, -0.05) is 51.1 Å². The molecule has 6 nitrogen and oxygen atoms in total. The van der Waals surface area contributed by atoms with E-state index in [-0.39, 0.29) is 11.4 Å². The highest BCUT2D eigenvalue weighted by atomic mass is 16.4. The number of carbonyl (C=O) groups excluding carboxylic acids is 1. The number of carbonyl (C=O) groups is 2. The van der Waals surface area contributed by atoms with E-state index in [1.165, 1.54) is 11.6 Å². The van der Waals surface area contributed by atoms with E-state index in [1.807, 2.05) is 45.0 Å². The Balaban J connectivity index is 1.66. The van der Waals surface area contributed by atoms with Crippen molar-refractivity contribution in [3.8, 4) is 0 Å². The molecule has 0 spiro atoms. The summed E-state index contributed by atoms with van der Waals surface area (Å²) in [5, 5.41) is 9.50. The van der Waals surface area contributed by atoms with Crippen LogP contribution in [0, 0.1) is 5.41 Å². The predicted molar refractivity (Wildman–Crippen MR) is 132 cm³/mol. The van der Waals surface area contributed by atoms with Gasteiger partial charge in [-0.3, -0.25) is 9.69 Å². The number of allylic oxidation sites excluding steroid dienone is 1. The van der Waals surface area contributed by atoms with E-state index >= 15 is 0 Å². The summed E-state index contributed by atoms with van der Waals surface area (Å²) >= 11 is 0. The van der Waals surface area contributed by atoms with Gasteiger partial charge in [0, 0.05) is 43.9 Å². The summed E-state index contributed by atoms with van der Waals surface area (Å²) in [6.45, 7) is 10.7. The molecule has 0 radical (unpaired) electrons. The topological polar surface area (TPSA) is 73.7 Å². The first-order valence-corrected chi connectivity index (χ1v) is 11.3. The number of hydrogen-bond donors (Lipinski definition) is 1. The Morgan fingerprint density at radius 2 is 1.64 bits per heavy atom.